The summed E-state index contributed by atoms with van der Waals surface area (Å²) in [5, 5.41) is 2.69. The van der Waals surface area contributed by atoms with E-state index in [4.69, 9.17) is 14.7 Å². The highest BCUT2D eigenvalue weighted by molar-refractivity contribution is 6.04. The Hall–Kier alpha value is -3.77. The van der Waals surface area contributed by atoms with Crippen LogP contribution in [0.3, 0.4) is 0 Å². The second-order valence-electron chi connectivity index (χ2n) is 9.82. The SMILES string of the molecule is CCN1CCN(c2nc(-c3cc(NC(=O)c4cccc(C(F)(F)F)c4)cnc3C)cc(N3CCOCC3)n2)CC1. The van der Waals surface area contributed by atoms with E-state index in [0.717, 1.165) is 50.7 Å². The van der Waals surface area contributed by atoms with Crippen molar-refractivity contribution in [3.63, 3.8) is 0 Å². The number of hydrogen-bond acceptors (Lipinski definition) is 8. The fraction of sp³-hybridized carbons (Fsp3) is 0.429. The summed E-state index contributed by atoms with van der Waals surface area (Å²) in [7, 11) is 0. The number of rotatable bonds is 6. The molecule has 1 N–H and O–H groups in total. The maximum atomic E-state index is 13.1. The van der Waals surface area contributed by atoms with Crippen LogP contribution in [0.5, 0.6) is 0 Å². The van der Waals surface area contributed by atoms with E-state index in [1.807, 2.05) is 13.0 Å². The number of hydrogen-bond donors (Lipinski definition) is 1. The molecule has 4 heterocycles. The highest BCUT2D eigenvalue weighted by Crippen LogP contribution is 2.31. The first kappa shape index (κ1) is 27.8. The van der Waals surface area contributed by atoms with Crippen molar-refractivity contribution < 1.29 is 22.7 Å². The Balaban J connectivity index is 1.46. The number of alkyl halides is 3. The second-order valence-corrected chi connectivity index (χ2v) is 9.82. The van der Waals surface area contributed by atoms with E-state index in [1.165, 1.54) is 18.3 Å². The molecule has 2 aliphatic heterocycles. The van der Waals surface area contributed by atoms with Crippen LogP contribution in [0.4, 0.5) is 30.6 Å². The maximum absolute atomic E-state index is 13.1. The summed E-state index contributed by atoms with van der Waals surface area (Å²) in [6, 6.07) is 7.99. The first-order valence-corrected chi connectivity index (χ1v) is 13.4. The van der Waals surface area contributed by atoms with E-state index in [2.05, 4.69) is 31.9 Å². The Bertz CT molecular complexity index is 1350. The smallest absolute Gasteiger partial charge is 0.378 e. The lowest BCUT2D eigenvalue weighted by atomic mass is 10.1. The van der Waals surface area contributed by atoms with Crippen molar-refractivity contribution in [3.05, 3.63) is 59.4 Å². The Labute approximate surface area is 231 Å². The summed E-state index contributed by atoms with van der Waals surface area (Å²) in [6.45, 7) is 11.1. The molecule has 0 bridgehead atoms. The van der Waals surface area contributed by atoms with Crippen LogP contribution in [0.15, 0.2) is 42.6 Å². The predicted octanol–water partition coefficient (Wildman–Crippen LogP) is 4.10. The number of halogens is 3. The molecule has 0 saturated carbocycles. The van der Waals surface area contributed by atoms with Gasteiger partial charge in [0, 0.05) is 62.2 Å². The number of pyridine rings is 1. The van der Waals surface area contributed by atoms with Gasteiger partial charge < -0.3 is 24.8 Å². The summed E-state index contributed by atoms with van der Waals surface area (Å²) in [4.78, 5) is 33.8. The quantitative estimate of drug-likeness (QED) is 0.487. The number of aromatic nitrogens is 3. The van der Waals surface area contributed by atoms with E-state index in [9.17, 15) is 18.0 Å². The largest absolute Gasteiger partial charge is 0.416 e. The van der Waals surface area contributed by atoms with Crippen LogP contribution in [0.2, 0.25) is 0 Å². The van der Waals surface area contributed by atoms with Gasteiger partial charge in [0.25, 0.3) is 5.91 Å². The zero-order chi connectivity index (χ0) is 28.3. The van der Waals surface area contributed by atoms with E-state index in [1.54, 1.807) is 6.07 Å². The highest BCUT2D eigenvalue weighted by Gasteiger charge is 2.31. The van der Waals surface area contributed by atoms with E-state index in [0.29, 0.717) is 54.9 Å². The van der Waals surface area contributed by atoms with Crippen molar-refractivity contribution in [3.8, 4) is 11.3 Å². The number of piperazine rings is 1. The van der Waals surface area contributed by atoms with Crippen LogP contribution in [-0.2, 0) is 10.9 Å². The molecule has 5 rings (SSSR count). The lowest BCUT2D eigenvalue weighted by molar-refractivity contribution is -0.137. The molecule has 0 aliphatic carbocycles. The van der Waals surface area contributed by atoms with Crippen LogP contribution >= 0.6 is 0 Å². The summed E-state index contributed by atoms with van der Waals surface area (Å²) >= 11 is 0. The average molecular weight is 556 g/mol. The topological polar surface area (TPSA) is 86.7 Å². The lowest BCUT2D eigenvalue weighted by Crippen LogP contribution is -2.47. The molecule has 9 nitrogen and oxygen atoms in total. The summed E-state index contributed by atoms with van der Waals surface area (Å²) < 4.78 is 45.0. The minimum absolute atomic E-state index is 0.0953. The van der Waals surface area contributed by atoms with Gasteiger partial charge in [-0.1, -0.05) is 13.0 Å². The van der Waals surface area contributed by atoms with Crippen molar-refractivity contribution in [1.82, 2.24) is 19.9 Å². The van der Waals surface area contributed by atoms with Crippen molar-refractivity contribution in [2.75, 3.05) is 74.1 Å². The number of nitrogens with zero attached hydrogens (tertiary/aromatic N) is 6. The number of benzene rings is 1. The fourth-order valence-electron chi connectivity index (χ4n) is 4.82. The molecule has 0 spiro atoms. The molecule has 0 radical (unpaired) electrons. The van der Waals surface area contributed by atoms with Gasteiger partial charge in [-0.05, 0) is 37.7 Å². The average Bonchev–Trinajstić information content (AvgIpc) is 2.98. The molecule has 0 unspecified atom stereocenters. The van der Waals surface area contributed by atoms with Gasteiger partial charge in [-0.3, -0.25) is 9.78 Å². The van der Waals surface area contributed by atoms with E-state index < -0.39 is 17.6 Å². The Morgan fingerprint density at radius 2 is 1.75 bits per heavy atom. The Morgan fingerprint density at radius 1 is 1.00 bits per heavy atom. The summed E-state index contributed by atoms with van der Waals surface area (Å²) in [6.07, 6.45) is -3.06. The van der Waals surface area contributed by atoms with Gasteiger partial charge in [0.2, 0.25) is 5.95 Å². The number of carbonyl (C=O) groups is 1. The number of anilines is 3. The van der Waals surface area contributed by atoms with Gasteiger partial charge >= 0.3 is 6.18 Å². The third kappa shape index (κ3) is 6.34. The predicted molar refractivity (Wildman–Crippen MR) is 147 cm³/mol. The summed E-state index contributed by atoms with van der Waals surface area (Å²) in [5.74, 6) is 0.764. The first-order valence-electron chi connectivity index (χ1n) is 13.4. The second kappa shape index (κ2) is 11.8. The Morgan fingerprint density at radius 3 is 2.45 bits per heavy atom. The number of morpholine rings is 1. The number of carbonyl (C=O) groups excluding carboxylic acids is 1. The molecular weight excluding hydrogens is 523 g/mol. The number of amides is 1. The molecular formula is C28H32F3N7O2. The number of nitrogens with one attached hydrogen (secondary N) is 1. The molecule has 2 aromatic heterocycles. The number of ether oxygens (including phenoxy) is 1. The van der Waals surface area contributed by atoms with E-state index >= 15 is 0 Å². The third-order valence-electron chi connectivity index (χ3n) is 7.21. The number of likely N-dealkylation sites (N-methyl/N-ethyl adjacent to an activating group) is 1. The van der Waals surface area contributed by atoms with Gasteiger partial charge in [0.15, 0.2) is 0 Å². The zero-order valence-electron chi connectivity index (χ0n) is 22.5. The van der Waals surface area contributed by atoms with Crippen molar-refractivity contribution in [2.24, 2.45) is 0 Å². The van der Waals surface area contributed by atoms with Crippen LogP contribution in [0.1, 0.15) is 28.5 Å². The van der Waals surface area contributed by atoms with Crippen LogP contribution in [0.25, 0.3) is 11.3 Å². The molecule has 2 fully saturated rings. The van der Waals surface area contributed by atoms with E-state index in [-0.39, 0.29) is 5.56 Å². The van der Waals surface area contributed by atoms with Crippen molar-refractivity contribution in [1.29, 1.82) is 0 Å². The molecule has 1 aromatic carbocycles. The normalized spacial score (nSPS) is 16.7. The molecule has 0 atom stereocenters. The van der Waals surface area contributed by atoms with Gasteiger partial charge in [-0.2, -0.15) is 18.2 Å². The highest BCUT2D eigenvalue weighted by atomic mass is 19.4. The minimum atomic E-state index is -4.54. The molecule has 212 valence electrons. The third-order valence-corrected chi connectivity index (χ3v) is 7.21. The minimum Gasteiger partial charge on any atom is -0.378 e. The van der Waals surface area contributed by atoms with Crippen molar-refractivity contribution in [2.45, 2.75) is 20.0 Å². The summed E-state index contributed by atoms with van der Waals surface area (Å²) in [5.41, 5.74) is 1.43. The monoisotopic (exact) mass is 555 g/mol. The van der Waals surface area contributed by atoms with Gasteiger partial charge in [-0.25, -0.2) is 4.98 Å². The van der Waals surface area contributed by atoms with Gasteiger partial charge in [-0.15, -0.1) is 0 Å². The Kier molecular flexibility index (Phi) is 8.17. The molecule has 3 aromatic rings. The van der Waals surface area contributed by atoms with Crippen LogP contribution in [-0.4, -0.2) is 84.8 Å². The van der Waals surface area contributed by atoms with Gasteiger partial charge in [0.05, 0.1) is 36.4 Å². The van der Waals surface area contributed by atoms with Crippen molar-refractivity contribution >= 4 is 23.4 Å². The van der Waals surface area contributed by atoms with Crippen LogP contribution in [0, 0.1) is 6.92 Å². The molecule has 12 heteroatoms. The fourth-order valence-corrected chi connectivity index (χ4v) is 4.82. The number of aryl methyl sites for hydroxylation is 1. The van der Waals surface area contributed by atoms with Crippen LogP contribution < -0.4 is 15.1 Å². The lowest BCUT2D eigenvalue weighted by Gasteiger charge is -2.35. The maximum Gasteiger partial charge on any atom is 0.416 e. The first-order chi connectivity index (χ1) is 19.2. The standard InChI is InChI=1S/C28H32F3N7O2/c1-3-36-7-9-38(10-8-36)27-34-24(17-25(35-27)37-11-13-40-14-12-37)23-16-22(18-32-19(23)2)33-26(39)20-5-4-6-21(15-20)28(29,30)31/h4-6,15-18H,3,7-14H2,1-2H3,(H,33,39). The molecule has 2 saturated heterocycles. The molecule has 40 heavy (non-hydrogen) atoms. The van der Waals surface area contributed by atoms with Gasteiger partial charge in [0.1, 0.15) is 5.82 Å². The zero-order valence-corrected chi connectivity index (χ0v) is 22.5. The molecule has 2 aliphatic rings. The molecule has 1 amide bonds.